The van der Waals surface area contributed by atoms with Gasteiger partial charge in [0.15, 0.2) is 0 Å². The van der Waals surface area contributed by atoms with E-state index in [0.29, 0.717) is 6.42 Å². The van der Waals surface area contributed by atoms with Crippen LogP contribution < -0.4 is 0 Å². The maximum Gasteiger partial charge on any atom is 0.260 e. The van der Waals surface area contributed by atoms with Gasteiger partial charge in [-0.1, -0.05) is 25.5 Å². The molecule has 1 aliphatic carbocycles. The Morgan fingerprint density at radius 3 is 2.20 bits per heavy atom. The highest BCUT2D eigenvalue weighted by Crippen LogP contribution is 2.50. The van der Waals surface area contributed by atoms with Crippen molar-refractivity contribution >= 4 is 0 Å². The van der Waals surface area contributed by atoms with Gasteiger partial charge in [-0.25, -0.2) is 8.78 Å². The third-order valence-corrected chi connectivity index (χ3v) is 2.02. The Bertz CT molecular complexity index is 153. The molecule has 0 amide bonds. The van der Waals surface area contributed by atoms with Crippen LogP contribution in [0.1, 0.15) is 26.7 Å². The normalized spacial score (nSPS) is 21.2. The molecule has 0 unspecified atom stereocenters. The average molecular weight is 146 g/mol. The minimum absolute atomic E-state index is 0.00347. The predicted octanol–water partition coefficient (Wildman–Crippen LogP) is 3.00. The van der Waals surface area contributed by atoms with Gasteiger partial charge in [-0.05, 0) is 6.92 Å². The summed E-state index contributed by atoms with van der Waals surface area (Å²) in [5, 5.41) is 0. The van der Waals surface area contributed by atoms with E-state index in [0.717, 1.165) is 0 Å². The van der Waals surface area contributed by atoms with Crippen LogP contribution >= 0.6 is 0 Å². The molecule has 0 bridgehead atoms. The van der Waals surface area contributed by atoms with E-state index in [4.69, 9.17) is 0 Å². The Balaban J connectivity index is 2.51. The lowest BCUT2D eigenvalue weighted by Gasteiger charge is -2.22. The van der Waals surface area contributed by atoms with Gasteiger partial charge in [0, 0.05) is 6.42 Å². The van der Waals surface area contributed by atoms with Crippen LogP contribution in [0.25, 0.3) is 0 Å². The van der Waals surface area contributed by atoms with E-state index in [9.17, 15) is 8.78 Å². The van der Waals surface area contributed by atoms with Gasteiger partial charge >= 0.3 is 0 Å². The molecular formula is C8H12F2. The lowest BCUT2D eigenvalue weighted by atomic mass is 9.94. The highest BCUT2D eigenvalue weighted by Gasteiger charge is 2.51. The number of hydrogen-bond donors (Lipinski definition) is 0. The fraction of sp³-hybridized carbons (Fsp3) is 0.750. The summed E-state index contributed by atoms with van der Waals surface area (Å²) in [5.41, 5.74) is -0.886. The first-order valence-electron chi connectivity index (χ1n) is 3.60. The van der Waals surface area contributed by atoms with Gasteiger partial charge in [0.05, 0.1) is 5.41 Å². The third kappa shape index (κ3) is 1.07. The van der Waals surface area contributed by atoms with E-state index in [2.05, 4.69) is 0 Å². The van der Waals surface area contributed by atoms with Crippen molar-refractivity contribution in [2.75, 3.05) is 0 Å². The standard InChI is InChI=1S/C8H12F2/c1-3-4-8(9,10)7(2)5-6-7/h5-6H,3-4H2,1-2H3. The summed E-state index contributed by atoms with van der Waals surface area (Å²) in [6.07, 6.45) is 3.69. The van der Waals surface area contributed by atoms with Crippen LogP contribution in [0.15, 0.2) is 12.2 Å². The number of rotatable bonds is 3. The molecule has 10 heavy (non-hydrogen) atoms. The monoisotopic (exact) mass is 146 g/mol. The van der Waals surface area contributed by atoms with Gasteiger partial charge in [-0.3, -0.25) is 0 Å². The molecule has 0 radical (unpaired) electrons. The van der Waals surface area contributed by atoms with Crippen molar-refractivity contribution < 1.29 is 8.78 Å². The average Bonchev–Trinajstić information content (AvgIpc) is 2.49. The van der Waals surface area contributed by atoms with Crippen LogP contribution in [-0.2, 0) is 0 Å². The van der Waals surface area contributed by atoms with Crippen molar-refractivity contribution in [2.24, 2.45) is 5.41 Å². The van der Waals surface area contributed by atoms with Gasteiger partial charge in [-0.15, -0.1) is 0 Å². The Morgan fingerprint density at radius 2 is 1.90 bits per heavy atom. The molecule has 0 saturated heterocycles. The van der Waals surface area contributed by atoms with Crippen molar-refractivity contribution in [1.29, 1.82) is 0 Å². The van der Waals surface area contributed by atoms with Crippen molar-refractivity contribution in [3.05, 3.63) is 12.2 Å². The van der Waals surface area contributed by atoms with Crippen molar-refractivity contribution in [1.82, 2.24) is 0 Å². The Kier molecular flexibility index (Phi) is 1.57. The van der Waals surface area contributed by atoms with E-state index in [-0.39, 0.29) is 6.42 Å². The number of halogens is 2. The molecule has 0 aromatic heterocycles. The van der Waals surface area contributed by atoms with Crippen LogP contribution in [0.4, 0.5) is 8.78 Å². The summed E-state index contributed by atoms with van der Waals surface area (Å²) in [6, 6.07) is 0. The van der Waals surface area contributed by atoms with Crippen LogP contribution in [0.2, 0.25) is 0 Å². The summed E-state index contributed by atoms with van der Waals surface area (Å²) in [7, 11) is 0. The predicted molar refractivity (Wildman–Crippen MR) is 37.1 cm³/mol. The summed E-state index contributed by atoms with van der Waals surface area (Å²) in [4.78, 5) is 0. The summed E-state index contributed by atoms with van der Waals surface area (Å²) < 4.78 is 25.9. The topological polar surface area (TPSA) is 0 Å². The van der Waals surface area contributed by atoms with Crippen LogP contribution in [-0.4, -0.2) is 5.92 Å². The molecule has 0 heterocycles. The molecule has 0 saturated carbocycles. The lowest BCUT2D eigenvalue weighted by molar-refractivity contribution is -0.0612. The zero-order valence-corrected chi connectivity index (χ0v) is 6.32. The zero-order chi connectivity index (χ0) is 7.83. The maximum absolute atomic E-state index is 12.9. The quantitative estimate of drug-likeness (QED) is 0.537. The van der Waals surface area contributed by atoms with E-state index in [1.165, 1.54) is 0 Å². The first-order chi connectivity index (χ1) is 4.52. The zero-order valence-electron chi connectivity index (χ0n) is 6.32. The number of hydrogen-bond acceptors (Lipinski definition) is 0. The molecule has 0 N–H and O–H groups in total. The van der Waals surface area contributed by atoms with E-state index >= 15 is 0 Å². The fourth-order valence-corrected chi connectivity index (χ4v) is 0.952. The summed E-state index contributed by atoms with van der Waals surface area (Å²) in [5.74, 6) is -2.51. The van der Waals surface area contributed by atoms with Crippen molar-refractivity contribution in [3.63, 3.8) is 0 Å². The minimum atomic E-state index is -2.51. The largest absolute Gasteiger partial charge is 0.260 e. The molecule has 1 aliphatic rings. The van der Waals surface area contributed by atoms with E-state index in [1.807, 2.05) is 0 Å². The Hall–Kier alpha value is -0.400. The smallest absolute Gasteiger partial charge is 0.206 e. The second kappa shape index (κ2) is 2.04. The summed E-state index contributed by atoms with van der Waals surface area (Å²) in [6.45, 7) is 3.35. The Labute approximate surface area is 59.9 Å². The molecule has 0 fully saturated rings. The molecule has 2 heteroatoms. The molecule has 0 aliphatic heterocycles. The highest BCUT2D eigenvalue weighted by molar-refractivity contribution is 5.28. The third-order valence-electron chi connectivity index (χ3n) is 2.02. The maximum atomic E-state index is 12.9. The molecule has 0 aromatic rings. The molecule has 0 nitrogen and oxygen atoms in total. The van der Waals surface area contributed by atoms with Crippen LogP contribution in [0.5, 0.6) is 0 Å². The second-order valence-corrected chi connectivity index (χ2v) is 3.07. The minimum Gasteiger partial charge on any atom is -0.206 e. The van der Waals surface area contributed by atoms with Gasteiger partial charge in [0.2, 0.25) is 0 Å². The molecule has 0 aromatic carbocycles. The highest BCUT2D eigenvalue weighted by atomic mass is 19.3. The summed E-state index contributed by atoms with van der Waals surface area (Å²) >= 11 is 0. The number of alkyl halides is 2. The van der Waals surface area contributed by atoms with E-state index < -0.39 is 11.3 Å². The molecular weight excluding hydrogens is 134 g/mol. The second-order valence-electron chi connectivity index (χ2n) is 3.07. The van der Waals surface area contributed by atoms with Gasteiger partial charge in [0.25, 0.3) is 5.92 Å². The first kappa shape index (κ1) is 7.70. The SMILES string of the molecule is CCCC(F)(F)C1(C)C=C1. The van der Waals surface area contributed by atoms with Gasteiger partial charge in [0.1, 0.15) is 0 Å². The van der Waals surface area contributed by atoms with Gasteiger partial charge < -0.3 is 0 Å². The van der Waals surface area contributed by atoms with Crippen LogP contribution in [0, 0.1) is 5.41 Å². The van der Waals surface area contributed by atoms with Crippen LogP contribution in [0.3, 0.4) is 0 Å². The molecule has 0 atom stereocenters. The fourth-order valence-electron chi connectivity index (χ4n) is 0.952. The van der Waals surface area contributed by atoms with Gasteiger partial charge in [-0.2, -0.15) is 0 Å². The van der Waals surface area contributed by atoms with E-state index in [1.54, 1.807) is 26.0 Å². The Morgan fingerprint density at radius 1 is 1.40 bits per heavy atom. The van der Waals surface area contributed by atoms with Crippen molar-refractivity contribution in [3.8, 4) is 0 Å². The van der Waals surface area contributed by atoms with Crippen molar-refractivity contribution in [2.45, 2.75) is 32.6 Å². The number of allylic oxidation sites excluding steroid dienone is 2. The first-order valence-corrected chi connectivity index (χ1v) is 3.60. The lowest BCUT2D eigenvalue weighted by Crippen LogP contribution is -2.28. The molecule has 0 spiro atoms. The molecule has 1 rings (SSSR count). The molecule has 58 valence electrons.